The lowest BCUT2D eigenvalue weighted by molar-refractivity contribution is 0.322. The summed E-state index contributed by atoms with van der Waals surface area (Å²) in [4.78, 5) is 4.37. The van der Waals surface area contributed by atoms with Crippen LogP contribution in [-0.2, 0) is 0 Å². The van der Waals surface area contributed by atoms with Crippen LogP contribution in [0.3, 0.4) is 0 Å². The second-order valence-electron chi connectivity index (χ2n) is 4.62. The first kappa shape index (κ1) is 12.6. The normalized spacial score (nSPS) is 19.6. The molecule has 1 saturated heterocycles. The van der Waals surface area contributed by atoms with E-state index in [0.29, 0.717) is 17.3 Å². The fourth-order valence-electron chi connectivity index (χ4n) is 2.24. The van der Waals surface area contributed by atoms with Crippen molar-refractivity contribution in [2.45, 2.75) is 18.8 Å². The lowest BCUT2D eigenvalue weighted by Gasteiger charge is -2.18. The summed E-state index contributed by atoms with van der Waals surface area (Å²) in [6.45, 7) is 1.88. The number of hydrogen-bond acceptors (Lipinski definition) is 4. The van der Waals surface area contributed by atoms with E-state index in [0.717, 1.165) is 25.9 Å². The molecule has 0 saturated carbocycles. The molecule has 0 spiro atoms. The molecule has 1 atom stereocenters. The van der Waals surface area contributed by atoms with Crippen LogP contribution >= 0.6 is 11.6 Å². The van der Waals surface area contributed by atoms with Crippen LogP contribution in [0.15, 0.2) is 22.7 Å². The number of nitrogens with one attached hydrogen (secondary N) is 1. The topological polar surface area (TPSA) is 51.0 Å². The highest BCUT2D eigenvalue weighted by Crippen LogP contribution is 2.28. The van der Waals surface area contributed by atoms with Crippen molar-refractivity contribution in [3.05, 3.63) is 34.9 Å². The maximum atomic E-state index is 13.0. The number of benzene rings is 1. The zero-order chi connectivity index (χ0) is 13.2. The van der Waals surface area contributed by atoms with Gasteiger partial charge < -0.3 is 9.84 Å². The Morgan fingerprint density at radius 1 is 1.42 bits per heavy atom. The number of aromatic nitrogens is 2. The minimum atomic E-state index is -0.381. The number of rotatable bonds is 2. The third-order valence-corrected chi connectivity index (χ3v) is 3.57. The smallest absolute Gasteiger partial charge is 0.231 e. The summed E-state index contributed by atoms with van der Waals surface area (Å²) in [5, 5.41) is 7.52. The maximum absolute atomic E-state index is 13.0. The van der Waals surface area contributed by atoms with Gasteiger partial charge in [0.2, 0.25) is 11.7 Å². The molecule has 100 valence electrons. The van der Waals surface area contributed by atoms with Gasteiger partial charge in [-0.1, -0.05) is 16.8 Å². The van der Waals surface area contributed by atoms with Gasteiger partial charge in [0.05, 0.1) is 10.9 Å². The molecule has 1 aromatic carbocycles. The predicted molar refractivity (Wildman–Crippen MR) is 69.5 cm³/mol. The molecule has 4 nitrogen and oxygen atoms in total. The van der Waals surface area contributed by atoms with E-state index < -0.39 is 0 Å². The van der Waals surface area contributed by atoms with Crippen LogP contribution in [0, 0.1) is 5.82 Å². The predicted octanol–water partition coefficient (Wildman–Crippen LogP) is 3.00. The Morgan fingerprint density at radius 2 is 2.32 bits per heavy atom. The van der Waals surface area contributed by atoms with Crippen molar-refractivity contribution in [1.82, 2.24) is 15.5 Å². The van der Waals surface area contributed by atoms with E-state index in [1.165, 1.54) is 12.1 Å². The van der Waals surface area contributed by atoms with E-state index in [4.69, 9.17) is 16.1 Å². The van der Waals surface area contributed by atoms with Gasteiger partial charge in [0.15, 0.2) is 0 Å². The summed E-state index contributed by atoms with van der Waals surface area (Å²) in [5.74, 6) is 0.885. The molecule has 1 unspecified atom stereocenters. The van der Waals surface area contributed by atoms with Crippen molar-refractivity contribution in [3.63, 3.8) is 0 Å². The highest BCUT2D eigenvalue weighted by atomic mass is 35.5. The van der Waals surface area contributed by atoms with Gasteiger partial charge in [-0.2, -0.15) is 4.98 Å². The Morgan fingerprint density at radius 3 is 3.05 bits per heavy atom. The Kier molecular flexibility index (Phi) is 3.48. The fraction of sp³-hybridized carbons (Fsp3) is 0.385. The monoisotopic (exact) mass is 281 g/mol. The Labute approximate surface area is 115 Å². The van der Waals surface area contributed by atoms with Gasteiger partial charge in [-0.05, 0) is 37.6 Å². The molecule has 1 aliphatic rings. The van der Waals surface area contributed by atoms with Crippen molar-refractivity contribution in [2.75, 3.05) is 13.1 Å². The largest absolute Gasteiger partial charge is 0.339 e. The Bertz CT molecular complexity index is 581. The second-order valence-corrected chi connectivity index (χ2v) is 5.03. The average molecular weight is 282 g/mol. The van der Waals surface area contributed by atoms with Gasteiger partial charge >= 0.3 is 0 Å². The van der Waals surface area contributed by atoms with Gasteiger partial charge in [-0.25, -0.2) is 4.39 Å². The van der Waals surface area contributed by atoms with Crippen LogP contribution in [0.25, 0.3) is 11.4 Å². The van der Waals surface area contributed by atoms with Crippen molar-refractivity contribution < 1.29 is 8.91 Å². The third-order valence-electron chi connectivity index (χ3n) is 3.26. The number of piperidine rings is 1. The van der Waals surface area contributed by atoms with Gasteiger partial charge in [0, 0.05) is 12.1 Å². The number of hydrogen-bond donors (Lipinski definition) is 1. The minimum Gasteiger partial charge on any atom is -0.339 e. The van der Waals surface area contributed by atoms with Gasteiger partial charge in [-0.15, -0.1) is 0 Å². The molecule has 0 radical (unpaired) electrons. The van der Waals surface area contributed by atoms with Crippen molar-refractivity contribution in [2.24, 2.45) is 0 Å². The van der Waals surface area contributed by atoms with Gasteiger partial charge in [0.1, 0.15) is 5.82 Å². The molecule has 3 rings (SSSR count). The van der Waals surface area contributed by atoms with E-state index in [2.05, 4.69) is 15.5 Å². The zero-order valence-corrected chi connectivity index (χ0v) is 11.0. The van der Waals surface area contributed by atoms with Crippen LogP contribution in [0.4, 0.5) is 4.39 Å². The highest BCUT2D eigenvalue weighted by molar-refractivity contribution is 6.33. The lowest BCUT2D eigenvalue weighted by Crippen LogP contribution is -2.28. The van der Waals surface area contributed by atoms with Crippen molar-refractivity contribution in [1.29, 1.82) is 0 Å². The molecule has 2 aromatic rings. The fourth-order valence-corrected chi connectivity index (χ4v) is 2.50. The third kappa shape index (κ3) is 2.62. The summed E-state index contributed by atoms with van der Waals surface area (Å²) in [7, 11) is 0. The minimum absolute atomic E-state index is 0.245. The average Bonchev–Trinajstić information content (AvgIpc) is 2.89. The standard InChI is InChI=1S/C13H13ClFN3O/c14-11-6-9(15)3-4-10(11)12-17-13(19-18-12)8-2-1-5-16-7-8/h3-4,6,8,16H,1-2,5,7H2. The van der Waals surface area contributed by atoms with Crippen LogP contribution in [-0.4, -0.2) is 23.2 Å². The van der Waals surface area contributed by atoms with Crippen LogP contribution in [0.5, 0.6) is 0 Å². The quantitative estimate of drug-likeness (QED) is 0.919. The first-order valence-corrected chi connectivity index (χ1v) is 6.61. The lowest BCUT2D eigenvalue weighted by atomic mass is 10.00. The summed E-state index contributed by atoms with van der Waals surface area (Å²) in [5.41, 5.74) is 0.585. The maximum Gasteiger partial charge on any atom is 0.231 e. The summed E-state index contributed by atoms with van der Waals surface area (Å²) < 4.78 is 18.3. The molecular formula is C13H13ClFN3O. The molecule has 0 bridgehead atoms. The SMILES string of the molecule is Fc1ccc(-c2noc(C3CCCNC3)n2)c(Cl)c1. The molecule has 1 fully saturated rings. The molecule has 1 aromatic heterocycles. The van der Waals surface area contributed by atoms with Gasteiger partial charge in [-0.3, -0.25) is 0 Å². The molecule has 6 heteroatoms. The zero-order valence-electron chi connectivity index (χ0n) is 10.2. The number of nitrogens with zero attached hydrogens (tertiary/aromatic N) is 2. The molecule has 2 heterocycles. The van der Waals surface area contributed by atoms with E-state index in [-0.39, 0.29) is 16.8 Å². The van der Waals surface area contributed by atoms with E-state index in [1.807, 2.05) is 0 Å². The van der Waals surface area contributed by atoms with E-state index >= 15 is 0 Å². The van der Waals surface area contributed by atoms with Crippen molar-refractivity contribution >= 4 is 11.6 Å². The summed E-state index contributed by atoms with van der Waals surface area (Å²) in [6.07, 6.45) is 2.13. The summed E-state index contributed by atoms with van der Waals surface area (Å²) >= 11 is 5.99. The second kappa shape index (κ2) is 5.27. The van der Waals surface area contributed by atoms with E-state index in [9.17, 15) is 4.39 Å². The highest BCUT2D eigenvalue weighted by Gasteiger charge is 2.22. The Balaban J connectivity index is 1.87. The first-order valence-electron chi connectivity index (χ1n) is 6.24. The van der Waals surface area contributed by atoms with E-state index in [1.54, 1.807) is 6.07 Å². The van der Waals surface area contributed by atoms with Crippen LogP contribution < -0.4 is 5.32 Å². The van der Waals surface area contributed by atoms with Gasteiger partial charge in [0.25, 0.3) is 0 Å². The van der Waals surface area contributed by atoms with Crippen LogP contribution in [0.2, 0.25) is 5.02 Å². The summed E-state index contributed by atoms with van der Waals surface area (Å²) in [6, 6.07) is 4.14. The van der Waals surface area contributed by atoms with Crippen molar-refractivity contribution in [3.8, 4) is 11.4 Å². The molecule has 0 amide bonds. The van der Waals surface area contributed by atoms with Crippen LogP contribution in [0.1, 0.15) is 24.7 Å². The molecule has 19 heavy (non-hydrogen) atoms. The molecule has 1 N–H and O–H groups in total. The molecular weight excluding hydrogens is 269 g/mol. The first-order chi connectivity index (χ1) is 9.24. The number of halogens is 2. The molecule has 1 aliphatic heterocycles. The molecule has 0 aliphatic carbocycles. The Hall–Kier alpha value is -1.46.